The van der Waals surface area contributed by atoms with Gasteiger partial charge in [0.15, 0.2) is 17.9 Å². The molecule has 132 valence electrons. The summed E-state index contributed by atoms with van der Waals surface area (Å²) in [5.41, 5.74) is 1.49. The lowest BCUT2D eigenvalue weighted by molar-refractivity contribution is 0.0925. The van der Waals surface area contributed by atoms with Crippen molar-refractivity contribution in [3.8, 4) is 11.6 Å². The highest BCUT2D eigenvalue weighted by Crippen LogP contribution is 2.33. The van der Waals surface area contributed by atoms with Crippen LogP contribution in [0, 0.1) is 11.8 Å². The zero-order chi connectivity index (χ0) is 18.1. The monoisotopic (exact) mass is 356 g/mol. The van der Waals surface area contributed by atoms with Gasteiger partial charge in [-0.3, -0.25) is 0 Å². The van der Waals surface area contributed by atoms with Gasteiger partial charge in [-0.05, 0) is 6.07 Å². The number of aromatic nitrogens is 5. The number of methoxy groups -OCH3 is 1. The molecule has 0 radical (unpaired) electrons. The lowest BCUT2D eigenvalue weighted by Crippen LogP contribution is -2.38. The number of hydrogen-bond acceptors (Lipinski definition) is 7. The highest BCUT2D eigenvalue weighted by molar-refractivity contribution is 5.48. The van der Waals surface area contributed by atoms with E-state index in [9.17, 15) is 8.78 Å². The lowest BCUT2D eigenvalue weighted by Gasteiger charge is -2.36. The standard InChI is InChI=1S/C17H14F2N6O/c1-26-17-11-9-22-16(15-20-4-2-5-21-15)23-12(11)3-6-25(17)14-8-10(18)7-13(19)24-14/h2,4-5,7-9,17H,3,6H2,1H3. The van der Waals surface area contributed by atoms with Gasteiger partial charge in [0, 0.05) is 56.4 Å². The van der Waals surface area contributed by atoms with Gasteiger partial charge in [-0.1, -0.05) is 0 Å². The smallest absolute Gasteiger partial charge is 0.217 e. The topological polar surface area (TPSA) is 76.9 Å². The van der Waals surface area contributed by atoms with Crippen LogP contribution >= 0.6 is 0 Å². The molecule has 0 bridgehead atoms. The minimum atomic E-state index is -0.881. The molecule has 0 aromatic carbocycles. The molecule has 1 aliphatic rings. The molecule has 4 heterocycles. The summed E-state index contributed by atoms with van der Waals surface area (Å²) >= 11 is 0. The highest BCUT2D eigenvalue weighted by atomic mass is 19.1. The average molecular weight is 356 g/mol. The van der Waals surface area contributed by atoms with Crippen LogP contribution in [0.25, 0.3) is 11.6 Å². The van der Waals surface area contributed by atoms with E-state index in [1.807, 2.05) is 0 Å². The molecule has 0 aliphatic carbocycles. The van der Waals surface area contributed by atoms with E-state index in [0.29, 0.717) is 30.2 Å². The number of pyridine rings is 1. The fourth-order valence-corrected chi connectivity index (χ4v) is 2.96. The number of anilines is 1. The third-order valence-electron chi connectivity index (χ3n) is 4.07. The number of nitrogens with zero attached hydrogens (tertiary/aromatic N) is 6. The molecule has 26 heavy (non-hydrogen) atoms. The zero-order valence-corrected chi connectivity index (χ0v) is 13.8. The molecule has 0 spiro atoms. The van der Waals surface area contributed by atoms with Gasteiger partial charge < -0.3 is 9.64 Å². The summed E-state index contributed by atoms with van der Waals surface area (Å²) in [5.74, 6) is -0.562. The molecule has 0 saturated heterocycles. The van der Waals surface area contributed by atoms with E-state index < -0.39 is 18.0 Å². The number of halogens is 2. The molecule has 0 amide bonds. The average Bonchev–Trinajstić information content (AvgIpc) is 2.66. The Bertz CT molecular complexity index is 920. The molecular weight excluding hydrogens is 342 g/mol. The van der Waals surface area contributed by atoms with E-state index in [2.05, 4.69) is 24.9 Å². The second-order valence-corrected chi connectivity index (χ2v) is 5.67. The Morgan fingerprint density at radius 2 is 1.88 bits per heavy atom. The van der Waals surface area contributed by atoms with Crippen LogP contribution in [-0.2, 0) is 11.2 Å². The maximum atomic E-state index is 13.6. The van der Waals surface area contributed by atoms with Crippen LogP contribution in [0.5, 0.6) is 0 Å². The molecule has 7 nitrogen and oxygen atoms in total. The quantitative estimate of drug-likeness (QED) is 0.667. The molecule has 1 unspecified atom stereocenters. The first-order valence-electron chi connectivity index (χ1n) is 7.91. The van der Waals surface area contributed by atoms with E-state index in [1.165, 1.54) is 13.2 Å². The number of hydrogen-bond donors (Lipinski definition) is 0. The first kappa shape index (κ1) is 16.4. The van der Waals surface area contributed by atoms with Crippen LogP contribution in [0.1, 0.15) is 17.5 Å². The normalized spacial score (nSPS) is 16.4. The minimum Gasteiger partial charge on any atom is -0.357 e. The van der Waals surface area contributed by atoms with E-state index in [1.54, 1.807) is 29.6 Å². The summed E-state index contributed by atoms with van der Waals surface area (Å²) in [7, 11) is 1.51. The second kappa shape index (κ2) is 6.68. The van der Waals surface area contributed by atoms with Crippen molar-refractivity contribution in [1.82, 2.24) is 24.9 Å². The zero-order valence-electron chi connectivity index (χ0n) is 13.8. The van der Waals surface area contributed by atoms with E-state index in [4.69, 9.17) is 4.74 Å². The maximum absolute atomic E-state index is 13.6. The summed E-state index contributed by atoms with van der Waals surface area (Å²) in [5, 5.41) is 0. The lowest BCUT2D eigenvalue weighted by atomic mass is 10.1. The summed E-state index contributed by atoms with van der Waals surface area (Å²) in [4.78, 5) is 22.6. The highest BCUT2D eigenvalue weighted by Gasteiger charge is 2.30. The Balaban J connectivity index is 1.71. The molecule has 3 aromatic heterocycles. The van der Waals surface area contributed by atoms with Crippen molar-refractivity contribution < 1.29 is 13.5 Å². The first-order valence-corrected chi connectivity index (χ1v) is 7.91. The Morgan fingerprint density at radius 3 is 2.62 bits per heavy atom. The predicted molar refractivity (Wildman–Crippen MR) is 88.0 cm³/mol. The SMILES string of the molecule is COC1c2cnc(-c3ncccn3)nc2CCN1c1cc(F)cc(F)n1. The van der Waals surface area contributed by atoms with Gasteiger partial charge in [-0.25, -0.2) is 29.3 Å². The van der Waals surface area contributed by atoms with Gasteiger partial charge in [0.05, 0.1) is 5.69 Å². The predicted octanol–water partition coefficient (Wildman–Crippen LogP) is 2.31. The largest absolute Gasteiger partial charge is 0.357 e. The third-order valence-corrected chi connectivity index (χ3v) is 4.07. The summed E-state index contributed by atoms with van der Waals surface area (Å²) in [6.07, 6.45) is 4.81. The molecule has 0 saturated carbocycles. The summed E-state index contributed by atoms with van der Waals surface area (Å²) in [6, 6.07) is 3.62. The van der Waals surface area contributed by atoms with E-state index in [-0.39, 0.29) is 5.82 Å². The van der Waals surface area contributed by atoms with Gasteiger partial charge in [-0.15, -0.1) is 0 Å². The fraction of sp³-hybridized carbons (Fsp3) is 0.235. The van der Waals surface area contributed by atoms with Crippen LogP contribution in [0.2, 0.25) is 0 Å². The van der Waals surface area contributed by atoms with E-state index in [0.717, 1.165) is 11.8 Å². The van der Waals surface area contributed by atoms with Crippen LogP contribution in [0.3, 0.4) is 0 Å². The molecular formula is C17H14F2N6O. The van der Waals surface area contributed by atoms with Crippen molar-refractivity contribution in [2.75, 3.05) is 18.6 Å². The molecule has 9 heteroatoms. The van der Waals surface area contributed by atoms with Gasteiger partial charge in [0.25, 0.3) is 0 Å². The third kappa shape index (κ3) is 2.97. The number of rotatable bonds is 3. The van der Waals surface area contributed by atoms with Crippen molar-refractivity contribution in [3.63, 3.8) is 0 Å². The summed E-state index contributed by atoms with van der Waals surface area (Å²) < 4.78 is 32.6. The number of fused-ring (bicyclic) bond motifs is 1. The van der Waals surface area contributed by atoms with Crippen molar-refractivity contribution in [1.29, 1.82) is 0 Å². The van der Waals surface area contributed by atoms with Gasteiger partial charge >= 0.3 is 0 Å². The Morgan fingerprint density at radius 1 is 1.08 bits per heavy atom. The molecule has 4 rings (SSSR count). The van der Waals surface area contributed by atoms with Crippen molar-refractivity contribution >= 4 is 5.82 Å². The second-order valence-electron chi connectivity index (χ2n) is 5.67. The van der Waals surface area contributed by atoms with Crippen LogP contribution in [0.4, 0.5) is 14.6 Å². The van der Waals surface area contributed by atoms with Crippen LogP contribution in [0.15, 0.2) is 36.8 Å². The molecule has 1 atom stereocenters. The Labute approximate surface area is 147 Å². The molecule has 0 N–H and O–H groups in total. The maximum Gasteiger partial charge on any atom is 0.217 e. The Hall–Kier alpha value is -3.07. The first-order chi connectivity index (χ1) is 12.7. The summed E-state index contributed by atoms with van der Waals surface area (Å²) in [6.45, 7) is 0.438. The van der Waals surface area contributed by atoms with Crippen molar-refractivity contribution in [2.45, 2.75) is 12.6 Å². The molecule has 3 aromatic rings. The minimum absolute atomic E-state index is 0.162. The Kier molecular flexibility index (Phi) is 4.21. The van der Waals surface area contributed by atoms with Crippen molar-refractivity contribution in [3.05, 3.63) is 59.8 Å². The van der Waals surface area contributed by atoms with Crippen LogP contribution < -0.4 is 4.90 Å². The van der Waals surface area contributed by atoms with Gasteiger partial charge in [-0.2, -0.15) is 4.39 Å². The van der Waals surface area contributed by atoms with E-state index >= 15 is 0 Å². The molecule has 1 aliphatic heterocycles. The van der Waals surface area contributed by atoms with Crippen LogP contribution in [-0.4, -0.2) is 38.6 Å². The van der Waals surface area contributed by atoms with Gasteiger partial charge in [0.2, 0.25) is 5.95 Å². The fourth-order valence-electron chi connectivity index (χ4n) is 2.96. The van der Waals surface area contributed by atoms with Gasteiger partial charge in [0.1, 0.15) is 11.6 Å². The molecule has 0 fully saturated rings. The van der Waals surface area contributed by atoms with Crippen molar-refractivity contribution in [2.24, 2.45) is 0 Å². The number of ether oxygens (including phenoxy) is 1.